The second-order valence-corrected chi connectivity index (χ2v) is 8.64. The molecule has 1 aliphatic carbocycles. The molecule has 0 saturated carbocycles. The van der Waals surface area contributed by atoms with Crippen LogP contribution in [-0.4, -0.2) is 16.1 Å². The topological polar surface area (TPSA) is 69.6 Å². The molecule has 0 aliphatic heterocycles. The Morgan fingerprint density at radius 1 is 1.31 bits per heavy atom. The zero-order chi connectivity index (χ0) is 21.7. The molecule has 3 N–H and O–H groups in total. The first-order chi connectivity index (χ1) is 13.7. The Hall–Kier alpha value is -2.23. The van der Waals surface area contributed by atoms with E-state index in [-0.39, 0.29) is 35.3 Å². The number of unbranched alkanes of at least 4 members (excludes halogenated alkanes) is 2. The van der Waals surface area contributed by atoms with Gasteiger partial charge in [-0.3, -0.25) is 4.79 Å². The van der Waals surface area contributed by atoms with Crippen LogP contribution in [0.4, 0.5) is 0 Å². The van der Waals surface area contributed by atoms with Gasteiger partial charge >= 0.3 is 0 Å². The third kappa shape index (κ3) is 5.43. The summed E-state index contributed by atoms with van der Waals surface area (Å²) < 4.78 is 0. The predicted octanol–water partition coefficient (Wildman–Crippen LogP) is 6.04. The molecule has 1 aliphatic rings. The van der Waals surface area contributed by atoms with Gasteiger partial charge in [0.05, 0.1) is 6.04 Å². The molecule has 160 valence electrons. The van der Waals surface area contributed by atoms with Crippen LogP contribution in [0.3, 0.4) is 0 Å². The summed E-state index contributed by atoms with van der Waals surface area (Å²) in [4.78, 5) is 11.7. The molecule has 0 saturated heterocycles. The number of aryl methyl sites for hydroxylation is 1. The highest BCUT2D eigenvalue weighted by Crippen LogP contribution is 2.49. The molecule has 3 atom stereocenters. The number of phenolic OH excluding ortho intramolecular Hbond substituents is 2. The maximum Gasteiger partial charge on any atom is 0.217 e. The fraction of sp³-hybridized carbons (Fsp3) is 0.560. The van der Waals surface area contributed by atoms with E-state index < -0.39 is 0 Å². The fourth-order valence-electron chi connectivity index (χ4n) is 4.61. The summed E-state index contributed by atoms with van der Waals surface area (Å²) in [6, 6.07) is 1.46. The van der Waals surface area contributed by atoms with Gasteiger partial charge in [0, 0.05) is 24.0 Å². The highest BCUT2D eigenvalue weighted by molar-refractivity contribution is 5.74. The highest BCUT2D eigenvalue weighted by atomic mass is 16.3. The number of allylic oxidation sites excluding steroid dienone is 3. The first kappa shape index (κ1) is 23.1. The van der Waals surface area contributed by atoms with E-state index in [2.05, 4.69) is 31.8 Å². The number of benzene rings is 1. The van der Waals surface area contributed by atoms with E-state index in [0.29, 0.717) is 5.56 Å². The lowest BCUT2D eigenvalue weighted by Crippen LogP contribution is -2.25. The molecule has 0 radical (unpaired) electrons. The first-order valence-corrected chi connectivity index (χ1v) is 10.8. The van der Waals surface area contributed by atoms with Gasteiger partial charge < -0.3 is 15.5 Å². The quantitative estimate of drug-likeness (QED) is 0.368. The van der Waals surface area contributed by atoms with Gasteiger partial charge in [0.25, 0.3) is 0 Å². The largest absolute Gasteiger partial charge is 0.507 e. The Bertz CT molecular complexity index is 794. The van der Waals surface area contributed by atoms with Crippen molar-refractivity contribution in [1.29, 1.82) is 0 Å². The molecule has 1 aromatic carbocycles. The van der Waals surface area contributed by atoms with Gasteiger partial charge in [0.1, 0.15) is 11.5 Å². The summed E-state index contributed by atoms with van der Waals surface area (Å²) >= 11 is 0. The van der Waals surface area contributed by atoms with E-state index in [1.807, 2.05) is 13.8 Å². The second kappa shape index (κ2) is 10.00. The summed E-state index contributed by atoms with van der Waals surface area (Å²) in [6.45, 7) is 13.8. The van der Waals surface area contributed by atoms with Crippen LogP contribution < -0.4 is 5.32 Å². The van der Waals surface area contributed by atoms with Crippen molar-refractivity contribution < 1.29 is 15.0 Å². The van der Waals surface area contributed by atoms with Crippen molar-refractivity contribution >= 4 is 5.91 Å². The van der Waals surface area contributed by atoms with Crippen molar-refractivity contribution in [2.24, 2.45) is 5.92 Å². The van der Waals surface area contributed by atoms with E-state index in [1.165, 1.54) is 12.5 Å². The number of carbonyl (C=O) groups is 1. The van der Waals surface area contributed by atoms with Crippen molar-refractivity contribution in [3.63, 3.8) is 0 Å². The smallest absolute Gasteiger partial charge is 0.217 e. The number of hydrogen-bond donors (Lipinski definition) is 3. The van der Waals surface area contributed by atoms with Crippen LogP contribution in [0.2, 0.25) is 0 Å². The molecular weight excluding hydrogens is 362 g/mol. The monoisotopic (exact) mass is 399 g/mol. The number of rotatable bonds is 8. The number of carbonyl (C=O) groups excluding carboxylic acids is 1. The Labute approximate surface area is 175 Å². The summed E-state index contributed by atoms with van der Waals surface area (Å²) in [7, 11) is 0. The molecule has 3 unspecified atom stereocenters. The molecule has 1 amide bonds. The molecule has 0 heterocycles. The summed E-state index contributed by atoms with van der Waals surface area (Å²) in [5.74, 6) is 0.161. The fourth-order valence-corrected chi connectivity index (χ4v) is 4.61. The molecule has 0 spiro atoms. The zero-order valence-electron chi connectivity index (χ0n) is 18.6. The van der Waals surface area contributed by atoms with Crippen LogP contribution in [0, 0.1) is 5.92 Å². The standard InChI is InChI=1S/C25H37NO3/c1-7-8-9-10-19-14-22(28)24(25(29)23(19)17(5)26-18(6)27)21-13-16(4)11-12-20(21)15(2)3/h13-14,17,20-21,28-29H,2,7-12H2,1,3-6H3,(H,26,27). The van der Waals surface area contributed by atoms with E-state index in [1.54, 1.807) is 6.07 Å². The van der Waals surface area contributed by atoms with Gasteiger partial charge in [-0.1, -0.05) is 43.6 Å². The first-order valence-electron chi connectivity index (χ1n) is 10.8. The summed E-state index contributed by atoms with van der Waals surface area (Å²) in [5, 5.41) is 25.2. The van der Waals surface area contributed by atoms with Gasteiger partial charge in [-0.25, -0.2) is 0 Å². The van der Waals surface area contributed by atoms with Crippen LogP contribution in [0.25, 0.3) is 0 Å². The van der Waals surface area contributed by atoms with Crippen molar-refractivity contribution in [3.8, 4) is 11.5 Å². The van der Waals surface area contributed by atoms with Gasteiger partial charge in [-0.2, -0.15) is 0 Å². The van der Waals surface area contributed by atoms with Crippen molar-refractivity contribution in [2.45, 2.75) is 85.1 Å². The molecule has 0 aromatic heterocycles. The molecule has 4 heteroatoms. The van der Waals surface area contributed by atoms with Crippen LogP contribution >= 0.6 is 0 Å². The Balaban J connectivity index is 2.62. The lowest BCUT2D eigenvalue weighted by Gasteiger charge is -2.33. The minimum atomic E-state index is -0.333. The number of phenols is 2. The van der Waals surface area contributed by atoms with Gasteiger partial charge in [0.15, 0.2) is 0 Å². The van der Waals surface area contributed by atoms with Crippen molar-refractivity contribution in [3.05, 3.63) is 46.6 Å². The Kier molecular flexibility index (Phi) is 7.95. The molecular formula is C25H37NO3. The molecule has 4 nitrogen and oxygen atoms in total. The number of aromatic hydroxyl groups is 2. The minimum Gasteiger partial charge on any atom is -0.507 e. The van der Waals surface area contributed by atoms with E-state index in [4.69, 9.17) is 0 Å². The molecule has 0 fully saturated rings. The predicted molar refractivity (Wildman–Crippen MR) is 119 cm³/mol. The van der Waals surface area contributed by atoms with Crippen LogP contribution in [0.5, 0.6) is 11.5 Å². The van der Waals surface area contributed by atoms with Crippen molar-refractivity contribution in [2.75, 3.05) is 0 Å². The van der Waals surface area contributed by atoms with Crippen LogP contribution in [0.1, 0.15) is 95.4 Å². The lowest BCUT2D eigenvalue weighted by atomic mass is 9.73. The van der Waals surface area contributed by atoms with Crippen LogP contribution in [0.15, 0.2) is 29.9 Å². The third-order valence-electron chi connectivity index (χ3n) is 6.06. The van der Waals surface area contributed by atoms with E-state index in [0.717, 1.165) is 55.2 Å². The Morgan fingerprint density at radius 2 is 2.00 bits per heavy atom. The molecule has 29 heavy (non-hydrogen) atoms. The number of amides is 1. The SMILES string of the molecule is C=C(C)C1CCC(C)=CC1c1c(O)cc(CCCCC)c(C(C)NC(C)=O)c1O. The van der Waals surface area contributed by atoms with Crippen molar-refractivity contribution in [1.82, 2.24) is 5.32 Å². The molecule has 1 aromatic rings. The Morgan fingerprint density at radius 3 is 2.59 bits per heavy atom. The normalized spacial score (nSPS) is 20.1. The second-order valence-electron chi connectivity index (χ2n) is 8.64. The highest BCUT2D eigenvalue weighted by Gasteiger charge is 2.32. The zero-order valence-corrected chi connectivity index (χ0v) is 18.6. The van der Waals surface area contributed by atoms with E-state index in [9.17, 15) is 15.0 Å². The number of hydrogen-bond acceptors (Lipinski definition) is 3. The maximum atomic E-state index is 11.7. The van der Waals surface area contributed by atoms with Crippen LogP contribution in [-0.2, 0) is 11.2 Å². The summed E-state index contributed by atoms with van der Waals surface area (Å²) in [6.07, 6.45) is 8.03. The average Bonchev–Trinajstić information content (AvgIpc) is 2.60. The van der Waals surface area contributed by atoms with Gasteiger partial charge in [-0.15, -0.1) is 0 Å². The third-order valence-corrected chi connectivity index (χ3v) is 6.06. The minimum absolute atomic E-state index is 0.111. The molecule has 2 rings (SSSR count). The lowest BCUT2D eigenvalue weighted by molar-refractivity contribution is -0.119. The average molecular weight is 400 g/mol. The summed E-state index contributed by atoms with van der Waals surface area (Å²) in [5.41, 5.74) is 4.50. The number of nitrogens with one attached hydrogen (secondary N) is 1. The maximum absolute atomic E-state index is 11.7. The van der Waals surface area contributed by atoms with Gasteiger partial charge in [-0.05, 0) is 64.0 Å². The van der Waals surface area contributed by atoms with E-state index >= 15 is 0 Å². The van der Waals surface area contributed by atoms with Gasteiger partial charge in [0.2, 0.25) is 5.91 Å². The molecule has 0 bridgehead atoms.